The predicted molar refractivity (Wildman–Crippen MR) is 230 cm³/mol. The molecule has 348 valence electrons. The molecule has 5 N–H and O–H groups in total. The zero-order valence-corrected chi connectivity index (χ0v) is 37.3. The van der Waals surface area contributed by atoms with Crippen LogP contribution in [0.25, 0.3) is 0 Å². The Labute approximate surface area is 364 Å². The van der Waals surface area contributed by atoms with E-state index in [1.54, 1.807) is 35.2 Å². The van der Waals surface area contributed by atoms with E-state index in [1.807, 2.05) is 26.8 Å². The van der Waals surface area contributed by atoms with Crippen molar-refractivity contribution in [2.45, 2.75) is 174 Å². The molecule has 61 heavy (non-hydrogen) atoms. The van der Waals surface area contributed by atoms with Gasteiger partial charge in [-0.25, -0.2) is 4.79 Å². The van der Waals surface area contributed by atoms with Crippen molar-refractivity contribution in [3.05, 3.63) is 23.3 Å². The minimum absolute atomic E-state index is 0. The highest BCUT2D eigenvalue weighted by atomic mass is 16.7. The third-order valence-electron chi connectivity index (χ3n) is 13.0. The van der Waals surface area contributed by atoms with Gasteiger partial charge in [0.1, 0.15) is 24.9 Å². The van der Waals surface area contributed by atoms with Gasteiger partial charge in [0, 0.05) is 57.8 Å². The van der Waals surface area contributed by atoms with E-state index >= 15 is 0 Å². The van der Waals surface area contributed by atoms with Crippen molar-refractivity contribution in [2.75, 3.05) is 34.5 Å². The summed E-state index contributed by atoms with van der Waals surface area (Å²) in [5.74, 6) is -6.92. The molecule has 0 unspecified atom stereocenters. The summed E-state index contributed by atoms with van der Waals surface area (Å²) in [7, 11) is 4.67. The Morgan fingerprint density at radius 1 is 0.984 bits per heavy atom. The number of aliphatic hydroxyl groups excluding tert-OH is 3. The highest BCUT2D eigenvalue weighted by Gasteiger charge is 2.56. The molecule has 0 radical (unpaired) electrons. The molecule has 4 aliphatic rings. The lowest BCUT2D eigenvalue weighted by molar-refractivity contribution is -0.302. The molecule has 3 heterocycles. The maximum atomic E-state index is 14.3. The molecule has 15 heteroatoms. The second-order valence-electron chi connectivity index (χ2n) is 17.5. The first-order chi connectivity index (χ1) is 28.4. The van der Waals surface area contributed by atoms with Crippen LogP contribution in [0.1, 0.15) is 120 Å². The van der Waals surface area contributed by atoms with Crippen LogP contribution in [-0.2, 0) is 38.1 Å². The number of ketones is 1. The van der Waals surface area contributed by atoms with Crippen LogP contribution in [0.5, 0.6) is 0 Å². The zero-order valence-electron chi connectivity index (χ0n) is 37.3. The van der Waals surface area contributed by atoms with Crippen molar-refractivity contribution in [3.8, 4) is 6.07 Å². The molecule has 15 nitrogen and oxygen atoms in total. The molecule has 2 bridgehead atoms. The number of nitrogens with zero attached hydrogens (tertiary/aromatic N) is 2. The van der Waals surface area contributed by atoms with Crippen LogP contribution in [-0.4, -0.2) is 138 Å². The Bertz CT molecular complexity index is 1550. The lowest BCUT2D eigenvalue weighted by Crippen LogP contribution is -2.64. The normalized spacial score (nSPS) is 38.5. The average molecular weight is 864 g/mol. The fraction of sp³-hybridized carbons (Fsp3) is 0.804. The van der Waals surface area contributed by atoms with E-state index in [4.69, 9.17) is 39.5 Å². The number of nitrogens with one attached hydrogen (secondary N) is 1. The average Bonchev–Trinajstić information content (AvgIpc) is 3.23. The summed E-state index contributed by atoms with van der Waals surface area (Å²) in [6.07, 6.45) is 4.70. The van der Waals surface area contributed by atoms with Gasteiger partial charge in [-0.2, -0.15) is 5.26 Å². The second-order valence-corrected chi connectivity index (χ2v) is 17.5. The quantitative estimate of drug-likeness (QED) is 0.102. The van der Waals surface area contributed by atoms with E-state index in [2.05, 4.69) is 13.0 Å². The molecule has 0 spiro atoms. The smallest absolute Gasteiger partial charge is 0.329 e. The molecule has 0 aromatic carbocycles. The number of amides is 1. The van der Waals surface area contributed by atoms with Crippen LogP contribution in [0.4, 0.5) is 0 Å². The van der Waals surface area contributed by atoms with E-state index in [0.717, 1.165) is 5.57 Å². The number of aliphatic hydroxyl groups is 4. The Morgan fingerprint density at radius 2 is 1.61 bits per heavy atom. The molecule has 2 saturated heterocycles. The number of fused-ring (bicyclic) bond motifs is 3. The van der Waals surface area contributed by atoms with Gasteiger partial charge in [-0.05, 0) is 95.5 Å². The van der Waals surface area contributed by atoms with Gasteiger partial charge < -0.3 is 54.4 Å². The fourth-order valence-electron chi connectivity index (χ4n) is 9.44. The summed E-state index contributed by atoms with van der Waals surface area (Å²) in [5, 5.41) is 58.2. The maximum absolute atomic E-state index is 14.3. The lowest BCUT2D eigenvalue weighted by Gasteiger charge is -2.47. The Balaban J connectivity index is 0.00000245. The van der Waals surface area contributed by atoms with Crippen LogP contribution in [0.15, 0.2) is 23.3 Å². The van der Waals surface area contributed by atoms with E-state index < -0.39 is 77.9 Å². The van der Waals surface area contributed by atoms with Gasteiger partial charge in [-0.1, -0.05) is 52.8 Å². The number of Topliss-reactive ketones (excluding diaryl/α,β-unsaturated/α-hetero) is 1. The summed E-state index contributed by atoms with van der Waals surface area (Å²) >= 11 is 0. The number of piperidine rings is 1. The molecule has 1 saturated carbocycles. The van der Waals surface area contributed by atoms with Gasteiger partial charge in [0.15, 0.2) is 0 Å². The van der Waals surface area contributed by atoms with Crippen molar-refractivity contribution < 1.29 is 58.5 Å². The molecular formula is C46H77N3O12. The number of cyclic esters (lactones) is 1. The second kappa shape index (κ2) is 25.3. The van der Waals surface area contributed by atoms with Crippen molar-refractivity contribution in [3.63, 3.8) is 0 Å². The van der Waals surface area contributed by atoms with Crippen LogP contribution < -0.4 is 0 Å². The first kappa shape index (κ1) is 54.1. The molecule has 14 atom stereocenters. The van der Waals surface area contributed by atoms with Crippen LogP contribution in [0, 0.1) is 46.3 Å². The SMILES string of the molecule is C.CC[C@@H]1/C=C(\C)C[C@H](C)C[C@H](OC)[C@H]2O[C@@](O)(C(=O)C(=O)N3CCCC[C@H]3C(=O)O[C@H](/C(C)=C/[C@@H]3CC[C@@H](O)[C@H](OC)C3)[C@H](C)[C@@H](O)CC1=N)[C@H](C)C[C@@H]2OC.N#CCO. The van der Waals surface area contributed by atoms with Crippen molar-refractivity contribution in [2.24, 2.45) is 29.6 Å². The van der Waals surface area contributed by atoms with Gasteiger partial charge in [-0.3, -0.25) is 9.59 Å². The third kappa shape index (κ3) is 14.0. The molecule has 3 fully saturated rings. The number of nitriles is 1. The van der Waals surface area contributed by atoms with Gasteiger partial charge in [0.2, 0.25) is 5.79 Å². The number of carbonyl (C=O) groups excluding carboxylic acids is 3. The fourth-order valence-corrected chi connectivity index (χ4v) is 9.44. The molecule has 0 aromatic rings. The number of hydrogen-bond acceptors (Lipinski definition) is 14. The number of carbonyl (C=O) groups is 3. The first-order valence-corrected chi connectivity index (χ1v) is 21.7. The Morgan fingerprint density at radius 3 is 2.20 bits per heavy atom. The standard InChI is InChI=1S/C43H70N2O11.C2H3NO.CH4/c1-10-30-18-24(2)17-25(3)19-36(53-8)39-37(54-9)21-27(5)43(51,56-39)40(48)41(49)45-16-12-11-13-32(45)42(50)55-38(28(6)34(47)23-31(30)44)26(4)20-29-14-15-33(46)35(22-29)52-7;3-1-2-4;/h18,20,25,27-30,32-39,44,46-47,51H,10-17,19,21-23H2,1-9H3;4H,2H2;1H4/b24-18+,26-20+,44-31?;;/t25-,27+,28+,29-,30+,32-,33+,34-,35+,36-,37-,38+,39+,43+;;/m0../s1. The van der Waals surface area contributed by atoms with E-state index in [1.165, 1.54) is 11.0 Å². The largest absolute Gasteiger partial charge is 0.456 e. The van der Waals surface area contributed by atoms with Gasteiger partial charge in [-0.15, -0.1) is 0 Å². The predicted octanol–water partition coefficient (Wildman–Crippen LogP) is 5.06. The topological polar surface area (TPSA) is 229 Å². The third-order valence-corrected chi connectivity index (χ3v) is 13.0. The van der Waals surface area contributed by atoms with Gasteiger partial charge in [0.05, 0.1) is 36.6 Å². The zero-order chi connectivity index (χ0) is 44.9. The minimum Gasteiger partial charge on any atom is -0.456 e. The molecule has 1 aliphatic carbocycles. The highest BCUT2D eigenvalue weighted by Crippen LogP contribution is 2.39. The Hall–Kier alpha value is -3.07. The van der Waals surface area contributed by atoms with Gasteiger partial charge in [0.25, 0.3) is 11.7 Å². The molecule has 4 rings (SSSR count). The van der Waals surface area contributed by atoms with Gasteiger partial charge >= 0.3 is 5.97 Å². The summed E-state index contributed by atoms with van der Waals surface area (Å²) < 4.78 is 29.8. The highest BCUT2D eigenvalue weighted by molar-refractivity contribution is 6.39. The van der Waals surface area contributed by atoms with E-state index in [-0.39, 0.29) is 63.7 Å². The number of allylic oxidation sites excluding steroid dienone is 3. The monoisotopic (exact) mass is 864 g/mol. The Kier molecular flexibility index (Phi) is 22.4. The van der Waals surface area contributed by atoms with E-state index in [0.29, 0.717) is 62.7 Å². The lowest BCUT2D eigenvalue weighted by atomic mass is 9.81. The molecule has 1 amide bonds. The van der Waals surface area contributed by atoms with Crippen LogP contribution >= 0.6 is 0 Å². The molecule has 0 aromatic heterocycles. The number of methoxy groups -OCH3 is 3. The summed E-state index contributed by atoms with van der Waals surface area (Å²) in [5.41, 5.74) is 2.16. The van der Waals surface area contributed by atoms with Crippen molar-refractivity contribution in [1.29, 1.82) is 10.7 Å². The minimum atomic E-state index is -2.49. The summed E-state index contributed by atoms with van der Waals surface area (Å²) in [6.45, 7) is 11.2. The summed E-state index contributed by atoms with van der Waals surface area (Å²) in [4.78, 5) is 43.9. The maximum Gasteiger partial charge on any atom is 0.329 e. The van der Waals surface area contributed by atoms with Crippen LogP contribution in [0.3, 0.4) is 0 Å². The van der Waals surface area contributed by atoms with E-state index in [9.17, 15) is 29.7 Å². The summed E-state index contributed by atoms with van der Waals surface area (Å²) in [6, 6.07) is 0.380. The van der Waals surface area contributed by atoms with Crippen molar-refractivity contribution in [1.82, 2.24) is 4.90 Å². The molecular weight excluding hydrogens is 787 g/mol. The first-order valence-electron chi connectivity index (χ1n) is 21.7. The van der Waals surface area contributed by atoms with Crippen LogP contribution in [0.2, 0.25) is 0 Å². The number of esters is 1. The number of hydrogen-bond donors (Lipinski definition) is 5. The number of ether oxygens (including phenoxy) is 5. The molecule has 3 aliphatic heterocycles. The van der Waals surface area contributed by atoms with Crippen molar-refractivity contribution >= 4 is 23.4 Å². The number of rotatable bonds is 6.